The molecule has 2 heterocycles. The van der Waals surface area contributed by atoms with Crippen molar-refractivity contribution < 1.29 is 13.2 Å². The first-order valence-corrected chi connectivity index (χ1v) is 11.0. The number of rotatable bonds is 7. The molecule has 0 radical (unpaired) electrons. The fourth-order valence-corrected chi connectivity index (χ4v) is 3.95. The molecule has 0 atom stereocenters. The molecule has 0 aliphatic heterocycles. The molecule has 4 rings (SSSR count). The van der Waals surface area contributed by atoms with Crippen LogP contribution in [0.5, 0.6) is 5.75 Å². The SMILES string of the molecule is CN(C)S(=O)(=O)c1ccc(OCCn2cnc3c(cnn3-c3ccccc3)c2=O)cc1. The van der Waals surface area contributed by atoms with E-state index in [-0.39, 0.29) is 23.6 Å². The topological polar surface area (TPSA) is 99.3 Å². The van der Waals surface area contributed by atoms with Gasteiger partial charge < -0.3 is 4.74 Å². The van der Waals surface area contributed by atoms with Crippen LogP contribution in [-0.2, 0) is 16.6 Å². The lowest BCUT2D eigenvalue weighted by atomic mass is 10.3. The van der Waals surface area contributed by atoms with Crippen molar-refractivity contribution in [1.29, 1.82) is 0 Å². The molecule has 0 saturated carbocycles. The molecule has 160 valence electrons. The summed E-state index contributed by atoms with van der Waals surface area (Å²) in [6.07, 6.45) is 2.99. The Hall–Kier alpha value is -3.50. The summed E-state index contributed by atoms with van der Waals surface area (Å²) in [6.45, 7) is 0.510. The van der Waals surface area contributed by atoms with Crippen molar-refractivity contribution in [3.63, 3.8) is 0 Å². The van der Waals surface area contributed by atoms with E-state index in [1.54, 1.807) is 16.8 Å². The number of aromatic nitrogens is 4. The van der Waals surface area contributed by atoms with Gasteiger partial charge in [0.15, 0.2) is 5.65 Å². The van der Waals surface area contributed by atoms with Gasteiger partial charge in [0.05, 0.1) is 23.3 Å². The fraction of sp³-hybridized carbons (Fsp3) is 0.190. The van der Waals surface area contributed by atoms with E-state index in [9.17, 15) is 13.2 Å². The van der Waals surface area contributed by atoms with Crippen molar-refractivity contribution in [3.05, 3.63) is 77.5 Å². The Morgan fingerprint density at radius 2 is 1.74 bits per heavy atom. The third-order valence-electron chi connectivity index (χ3n) is 4.76. The summed E-state index contributed by atoms with van der Waals surface area (Å²) in [5.41, 5.74) is 1.11. The van der Waals surface area contributed by atoms with Crippen molar-refractivity contribution in [3.8, 4) is 11.4 Å². The lowest BCUT2D eigenvalue weighted by Gasteiger charge is -2.12. The molecular weight excluding hydrogens is 418 g/mol. The van der Waals surface area contributed by atoms with E-state index in [0.29, 0.717) is 16.8 Å². The van der Waals surface area contributed by atoms with Crippen LogP contribution in [0.1, 0.15) is 0 Å². The quantitative estimate of drug-likeness (QED) is 0.436. The first-order chi connectivity index (χ1) is 14.9. The van der Waals surface area contributed by atoms with Crippen LogP contribution in [0.25, 0.3) is 16.7 Å². The van der Waals surface area contributed by atoms with Crippen LogP contribution >= 0.6 is 0 Å². The van der Waals surface area contributed by atoms with E-state index in [1.807, 2.05) is 30.3 Å². The van der Waals surface area contributed by atoms with Crippen LogP contribution in [0, 0.1) is 0 Å². The minimum absolute atomic E-state index is 0.186. The van der Waals surface area contributed by atoms with Gasteiger partial charge in [-0.05, 0) is 36.4 Å². The van der Waals surface area contributed by atoms with Gasteiger partial charge >= 0.3 is 0 Å². The number of hydrogen-bond donors (Lipinski definition) is 0. The predicted octanol–water partition coefficient (Wildman–Crippen LogP) is 1.91. The highest BCUT2D eigenvalue weighted by molar-refractivity contribution is 7.89. The third-order valence-corrected chi connectivity index (χ3v) is 6.59. The highest BCUT2D eigenvalue weighted by Gasteiger charge is 2.16. The first kappa shape index (κ1) is 20.8. The van der Waals surface area contributed by atoms with Crippen molar-refractivity contribution in [2.24, 2.45) is 0 Å². The molecule has 0 saturated heterocycles. The number of benzene rings is 2. The van der Waals surface area contributed by atoms with Crippen LogP contribution < -0.4 is 10.3 Å². The van der Waals surface area contributed by atoms with E-state index >= 15 is 0 Å². The molecular formula is C21H21N5O4S. The predicted molar refractivity (Wildman–Crippen MR) is 116 cm³/mol. The summed E-state index contributed by atoms with van der Waals surface area (Å²) in [5, 5.41) is 4.71. The molecule has 0 spiro atoms. The monoisotopic (exact) mass is 439 g/mol. The number of fused-ring (bicyclic) bond motifs is 1. The van der Waals surface area contributed by atoms with E-state index in [0.717, 1.165) is 9.99 Å². The zero-order chi connectivity index (χ0) is 22.0. The number of sulfonamides is 1. The molecule has 10 heteroatoms. The Bertz CT molecular complexity index is 1360. The normalized spacial score (nSPS) is 11.8. The maximum absolute atomic E-state index is 12.8. The molecule has 2 aromatic heterocycles. The maximum Gasteiger partial charge on any atom is 0.264 e. The van der Waals surface area contributed by atoms with Crippen LogP contribution in [-0.4, -0.2) is 52.8 Å². The highest BCUT2D eigenvalue weighted by atomic mass is 32.2. The minimum Gasteiger partial charge on any atom is -0.492 e. The Morgan fingerprint density at radius 1 is 1.03 bits per heavy atom. The molecule has 0 aliphatic rings. The molecule has 4 aromatic rings. The van der Waals surface area contributed by atoms with Gasteiger partial charge in [-0.2, -0.15) is 5.10 Å². The second-order valence-corrected chi connectivity index (χ2v) is 9.13. The highest BCUT2D eigenvalue weighted by Crippen LogP contribution is 2.18. The Balaban J connectivity index is 1.46. The van der Waals surface area contributed by atoms with E-state index in [2.05, 4.69) is 10.1 Å². The van der Waals surface area contributed by atoms with Crippen LogP contribution in [0.4, 0.5) is 0 Å². The molecule has 0 unspecified atom stereocenters. The molecule has 0 N–H and O–H groups in total. The molecule has 0 bridgehead atoms. The van der Waals surface area contributed by atoms with Gasteiger partial charge in [0.1, 0.15) is 24.1 Å². The smallest absolute Gasteiger partial charge is 0.264 e. The summed E-state index contributed by atoms with van der Waals surface area (Å²) < 4.78 is 34.1. The molecule has 0 fully saturated rings. The summed E-state index contributed by atoms with van der Waals surface area (Å²) in [5.74, 6) is 0.511. The summed E-state index contributed by atoms with van der Waals surface area (Å²) in [4.78, 5) is 17.4. The van der Waals surface area contributed by atoms with Gasteiger partial charge in [0.25, 0.3) is 5.56 Å². The Morgan fingerprint density at radius 3 is 2.42 bits per heavy atom. The van der Waals surface area contributed by atoms with Gasteiger partial charge in [-0.15, -0.1) is 0 Å². The molecule has 0 amide bonds. The first-order valence-electron chi connectivity index (χ1n) is 9.52. The molecule has 31 heavy (non-hydrogen) atoms. The van der Waals surface area contributed by atoms with Gasteiger partial charge in [0.2, 0.25) is 10.0 Å². The van der Waals surface area contributed by atoms with Crippen LogP contribution in [0.2, 0.25) is 0 Å². The second-order valence-electron chi connectivity index (χ2n) is 6.98. The second kappa shape index (κ2) is 8.32. The summed E-state index contributed by atoms with van der Waals surface area (Å²) in [6, 6.07) is 15.6. The molecule has 9 nitrogen and oxygen atoms in total. The number of hydrogen-bond acceptors (Lipinski definition) is 6. The molecule has 2 aromatic carbocycles. The summed E-state index contributed by atoms with van der Waals surface area (Å²) in [7, 11) is -0.529. The minimum atomic E-state index is -3.49. The van der Waals surface area contributed by atoms with Gasteiger partial charge in [0, 0.05) is 14.1 Å². The summed E-state index contributed by atoms with van der Waals surface area (Å²) >= 11 is 0. The molecule has 0 aliphatic carbocycles. The average Bonchev–Trinajstić information content (AvgIpc) is 3.21. The van der Waals surface area contributed by atoms with Gasteiger partial charge in [-0.3, -0.25) is 9.36 Å². The standard InChI is InChI=1S/C21H21N5O4S/c1-24(2)31(28,29)18-10-8-17(9-11-18)30-13-12-25-15-22-20-19(21(25)27)14-23-26(20)16-6-4-3-5-7-16/h3-11,14-15H,12-13H2,1-2H3. The van der Waals surface area contributed by atoms with E-state index < -0.39 is 10.0 Å². The third kappa shape index (κ3) is 4.07. The largest absolute Gasteiger partial charge is 0.492 e. The van der Waals surface area contributed by atoms with Crippen molar-refractivity contribution in [1.82, 2.24) is 23.6 Å². The van der Waals surface area contributed by atoms with Crippen molar-refractivity contribution in [2.45, 2.75) is 11.4 Å². The van der Waals surface area contributed by atoms with Gasteiger partial charge in [-0.1, -0.05) is 18.2 Å². The van der Waals surface area contributed by atoms with E-state index in [1.165, 1.54) is 43.3 Å². The average molecular weight is 439 g/mol. The zero-order valence-electron chi connectivity index (χ0n) is 17.0. The Labute approximate surface area is 179 Å². The zero-order valence-corrected chi connectivity index (χ0v) is 17.9. The number of nitrogens with zero attached hydrogens (tertiary/aromatic N) is 5. The Kier molecular flexibility index (Phi) is 5.57. The van der Waals surface area contributed by atoms with Gasteiger partial charge in [-0.25, -0.2) is 22.4 Å². The van der Waals surface area contributed by atoms with Crippen molar-refractivity contribution >= 4 is 21.1 Å². The van der Waals surface area contributed by atoms with Crippen LogP contribution in [0.3, 0.4) is 0 Å². The number of para-hydroxylation sites is 1. The number of ether oxygens (including phenoxy) is 1. The lowest BCUT2D eigenvalue weighted by Crippen LogP contribution is -2.23. The lowest BCUT2D eigenvalue weighted by molar-refractivity contribution is 0.296. The fourth-order valence-electron chi connectivity index (χ4n) is 3.05. The maximum atomic E-state index is 12.8. The van der Waals surface area contributed by atoms with E-state index in [4.69, 9.17) is 4.74 Å². The van der Waals surface area contributed by atoms with Crippen LogP contribution in [0.15, 0.2) is 76.8 Å². The van der Waals surface area contributed by atoms with Crippen molar-refractivity contribution in [2.75, 3.05) is 20.7 Å².